The summed E-state index contributed by atoms with van der Waals surface area (Å²) < 4.78 is 33.0. The molecule has 4 nitrogen and oxygen atoms in total. The van der Waals surface area contributed by atoms with Crippen molar-refractivity contribution >= 4 is 0 Å². The van der Waals surface area contributed by atoms with Gasteiger partial charge in [-0.15, -0.1) is 0 Å². The van der Waals surface area contributed by atoms with E-state index in [1.165, 1.54) is 6.07 Å². The zero-order valence-electron chi connectivity index (χ0n) is 9.86. The van der Waals surface area contributed by atoms with Gasteiger partial charge < -0.3 is 15.0 Å². The van der Waals surface area contributed by atoms with Crippen LogP contribution in [0.25, 0.3) is 0 Å². The lowest BCUT2D eigenvalue weighted by molar-refractivity contribution is 0.276. The van der Waals surface area contributed by atoms with Crippen molar-refractivity contribution < 1.29 is 13.5 Å². The SMILES string of the molecule is Cn1cc(CN)nc1COc1ccc(F)cc1F. The Morgan fingerprint density at radius 2 is 2.17 bits per heavy atom. The summed E-state index contributed by atoms with van der Waals surface area (Å²) in [5.74, 6) is -0.751. The van der Waals surface area contributed by atoms with E-state index in [0.717, 1.165) is 17.8 Å². The Kier molecular flexibility index (Phi) is 3.57. The molecular weight excluding hydrogens is 240 g/mol. The van der Waals surface area contributed by atoms with Crippen LogP contribution in [0.15, 0.2) is 24.4 Å². The van der Waals surface area contributed by atoms with Gasteiger partial charge >= 0.3 is 0 Å². The third-order valence-corrected chi connectivity index (χ3v) is 2.48. The largest absolute Gasteiger partial charge is 0.483 e. The van der Waals surface area contributed by atoms with Gasteiger partial charge in [-0.05, 0) is 12.1 Å². The fraction of sp³-hybridized carbons (Fsp3) is 0.250. The van der Waals surface area contributed by atoms with Crippen LogP contribution in [0.4, 0.5) is 8.78 Å². The number of imidazole rings is 1. The van der Waals surface area contributed by atoms with Gasteiger partial charge in [0.05, 0.1) is 5.69 Å². The predicted octanol–water partition coefficient (Wildman–Crippen LogP) is 1.74. The summed E-state index contributed by atoms with van der Waals surface area (Å²) in [6.45, 7) is 0.428. The number of nitrogens with two attached hydrogens (primary N) is 1. The molecule has 2 rings (SSSR count). The average molecular weight is 253 g/mol. The first-order chi connectivity index (χ1) is 8.60. The summed E-state index contributed by atoms with van der Waals surface area (Å²) in [6.07, 6.45) is 1.78. The van der Waals surface area contributed by atoms with E-state index >= 15 is 0 Å². The normalized spacial score (nSPS) is 10.7. The highest BCUT2D eigenvalue weighted by atomic mass is 19.1. The molecule has 2 N–H and O–H groups in total. The second kappa shape index (κ2) is 5.14. The zero-order valence-corrected chi connectivity index (χ0v) is 9.86. The molecule has 0 aliphatic rings. The van der Waals surface area contributed by atoms with Crippen LogP contribution in [0.5, 0.6) is 5.75 Å². The maximum absolute atomic E-state index is 13.3. The molecule has 0 saturated heterocycles. The van der Waals surface area contributed by atoms with Crippen molar-refractivity contribution in [3.8, 4) is 5.75 Å². The van der Waals surface area contributed by atoms with Gasteiger partial charge in [0.25, 0.3) is 0 Å². The molecule has 0 atom stereocenters. The molecule has 96 valence electrons. The van der Waals surface area contributed by atoms with E-state index in [9.17, 15) is 8.78 Å². The average Bonchev–Trinajstić information content (AvgIpc) is 2.69. The van der Waals surface area contributed by atoms with E-state index in [1.54, 1.807) is 17.8 Å². The van der Waals surface area contributed by atoms with E-state index < -0.39 is 11.6 Å². The Morgan fingerprint density at radius 3 is 2.78 bits per heavy atom. The molecule has 0 radical (unpaired) electrons. The van der Waals surface area contributed by atoms with E-state index in [4.69, 9.17) is 10.5 Å². The summed E-state index contributed by atoms with van der Waals surface area (Å²) in [7, 11) is 1.80. The summed E-state index contributed by atoms with van der Waals surface area (Å²) in [4.78, 5) is 4.21. The molecule has 18 heavy (non-hydrogen) atoms. The van der Waals surface area contributed by atoms with E-state index in [2.05, 4.69) is 4.98 Å². The minimum atomic E-state index is -0.733. The van der Waals surface area contributed by atoms with Crippen LogP contribution < -0.4 is 10.5 Å². The smallest absolute Gasteiger partial charge is 0.167 e. The van der Waals surface area contributed by atoms with Gasteiger partial charge in [0.1, 0.15) is 18.2 Å². The quantitative estimate of drug-likeness (QED) is 0.903. The molecule has 0 aliphatic heterocycles. The Bertz CT molecular complexity index is 554. The van der Waals surface area contributed by atoms with Gasteiger partial charge in [-0.25, -0.2) is 13.8 Å². The molecule has 0 spiro atoms. The molecule has 0 amide bonds. The molecule has 0 unspecified atom stereocenters. The third kappa shape index (κ3) is 2.65. The number of aryl methyl sites for hydroxylation is 1. The highest BCUT2D eigenvalue weighted by Gasteiger charge is 2.08. The molecule has 1 heterocycles. The van der Waals surface area contributed by atoms with Crippen molar-refractivity contribution in [2.45, 2.75) is 13.2 Å². The zero-order chi connectivity index (χ0) is 13.1. The molecule has 2 aromatic rings. The summed E-state index contributed by atoms with van der Waals surface area (Å²) >= 11 is 0. The fourth-order valence-corrected chi connectivity index (χ4v) is 1.54. The summed E-state index contributed by atoms with van der Waals surface area (Å²) in [5.41, 5.74) is 6.19. The molecular formula is C12H13F2N3O. The van der Waals surface area contributed by atoms with Crippen LogP contribution in [0, 0.1) is 11.6 Å². The molecule has 0 saturated carbocycles. The minimum Gasteiger partial charge on any atom is -0.483 e. The Labute approximate surface area is 103 Å². The van der Waals surface area contributed by atoms with Crippen molar-refractivity contribution in [3.63, 3.8) is 0 Å². The Hall–Kier alpha value is -1.95. The van der Waals surface area contributed by atoms with E-state index in [-0.39, 0.29) is 12.4 Å². The van der Waals surface area contributed by atoms with Crippen LogP contribution in [0.3, 0.4) is 0 Å². The monoisotopic (exact) mass is 253 g/mol. The van der Waals surface area contributed by atoms with Crippen molar-refractivity contribution in [3.05, 3.63) is 47.5 Å². The lowest BCUT2D eigenvalue weighted by Gasteiger charge is -2.06. The van der Waals surface area contributed by atoms with Crippen LogP contribution >= 0.6 is 0 Å². The fourth-order valence-electron chi connectivity index (χ4n) is 1.54. The second-order valence-electron chi connectivity index (χ2n) is 3.83. The topological polar surface area (TPSA) is 53.1 Å². The number of halogens is 2. The summed E-state index contributed by atoms with van der Waals surface area (Å²) in [6, 6.07) is 3.17. The van der Waals surface area contributed by atoms with Crippen LogP contribution in [-0.4, -0.2) is 9.55 Å². The number of nitrogens with zero attached hydrogens (tertiary/aromatic N) is 2. The molecule has 6 heteroatoms. The predicted molar refractivity (Wildman–Crippen MR) is 61.8 cm³/mol. The lowest BCUT2D eigenvalue weighted by atomic mass is 10.3. The number of hydrogen-bond donors (Lipinski definition) is 1. The summed E-state index contributed by atoms with van der Waals surface area (Å²) in [5, 5.41) is 0. The second-order valence-corrected chi connectivity index (χ2v) is 3.83. The Morgan fingerprint density at radius 1 is 1.39 bits per heavy atom. The first-order valence-electron chi connectivity index (χ1n) is 5.39. The van der Waals surface area contributed by atoms with Gasteiger partial charge in [-0.3, -0.25) is 0 Å². The van der Waals surface area contributed by atoms with Crippen molar-refractivity contribution in [2.75, 3.05) is 0 Å². The lowest BCUT2D eigenvalue weighted by Crippen LogP contribution is -2.04. The number of rotatable bonds is 4. The minimum absolute atomic E-state index is 0.00583. The van der Waals surface area contributed by atoms with Gasteiger partial charge in [0.2, 0.25) is 0 Å². The number of aromatic nitrogens is 2. The van der Waals surface area contributed by atoms with Crippen molar-refractivity contribution in [2.24, 2.45) is 12.8 Å². The van der Waals surface area contributed by atoms with E-state index in [1.807, 2.05) is 0 Å². The van der Waals surface area contributed by atoms with E-state index in [0.29, 0.717) is 12.4 Å². The Balaban J connectivity index is 2.08. The molecule has 1 aromatic heterocycles. The number of ether oxygens (including phenoxy) is 1. The number of benzene rings is 1. The van der Waals surface area contributed by atoms with Gasteiger partial charge in [0, 0.05) is 25.9 Å². The third-order valence-electron chi connectivity index (χ3n) is 2.48. The maximum atomic E-state index is 13.3. The van der Waals surface area contributed by atoms with Crippen LogP contribution in [0.1, 0.15) is 11.5 Å². The van der Waals surface area contributed by atoms with Crippen molar-refractivity contribution in [1.82, 2.24) is 9.55 Å². The van der Waals surface area contributed by atoms with Gasteiger partial charge in [-0.2, -0.15) is 0 Å². The molecule has 0 fully saturated rings. The molecule has 0 bridgehead atoms. The molecule has 1 aromatic carbocycles. The van der Waals surface area contributed by atoms with Gasteiger partial charge in [0.15, 0.2) is 11.6 Å². The van der Waals surface area contributed by atoms with Crippen LogP contribution in [-0.2, 0) is 20.2 Å². The number of hydrogen-bond acceptors (Lipinski definition) is 3. The van der Waals surface area contributed by atoms with Crippen molar-refractivity contribution in [1.29, 1.82) is 0 Å². The first-order valence-corrected chi connectivity index (χ1v) is 5.39. The maximum Gasteiger partial charge on any atom is 0.167 e. The standard InChI is InChI=1S/C12H13F2N3O/c1-17-6-9(5-15)16-12(17)7-18-11-3-2-8(13)4-10(11)14/h2-4,6H,5,7,15H2,1H3. The highest BCUT2D eigenvalue weighted by molar-refractivity contribution is 5.24. The highest BCUT2D eigenvalue weighted by Crippen LogP contribution is 2.18. The van der Waals surface area contributed by atoms with Crippen LogP contribution in [0.2, 0.25) is 0 Å². The molecule has 0 aliphatic carbocycles. The first kappa shape index (κ1) is 12.5. The van der Waals surface area contributed by atoms with Gasteiger partial charge in [-0.1, -0.05) is 0 Å².